The van der Waals surface area contributed by atoms with Gasteiger partial charge in [-0.15, -0.1) is 11.3 Å². The lowest BCUT2D eigenvalue weighted by Gasteiger charge is -2.16. The largest absolute Gasteiger partial charge is 0.397 e. The number of thiophene rings is 1. The number of amides is 1. The Labute approximate surface area is 115 Å². The van der Waals surface area contributed by atoms with Crippen LogP contribution in [-0.4, -0.2) is 24.4 Å². The molecule has 1 aromatic heterocycles. The molecular formula is C14H15FN2OS. The number of hydrogen-bond acceptors (Lipinski definition) is 3. The van der Waals surface area contributed by atoms with E-state index < -0.39 is 0 Å². The minimum Gasteiger partial charge on any atom is -0.397 e. The van der Waals surface area contributed by atoms with Crippen LogP contribution >= 0.6 is 11.3 Å². The number of halogens is 1. The summed E-state index contributed by atoms with van der Waals surface area (Å²) in [7, 11) is 1.70. The summed E-state index contributed by atoms with van der Waals surface area (Å²) in [5.74, 6) is -0.520. The molecular weight excluding hydrogens is 263 g/mol. The summed E-state index contributed by atoms with van der Waals surface area (Å²) in [4.78, 5) is 14.3. The van der Waals surface area contributed by atoms with Crippen molar-refractivity contribution >= 4 is 33.0 Å². The summed E-state index contributed by atoms with van der Waals surface area (Å²) >= 11 is 1.28. The number of fused-ring (bicyclic) bond motifs is 1. The molecule has 0 atom stereocenters. The van der Waals surface area contributed by atoms with Gasteiger partial charge in [-0.25, -0.2) is 4.39 Å². The molecule has 0 bridgehead atoms. The second kappa shape index (κ2) is 5.01. The normalized spacial score (nSPS) is 10.7. The van der Waals surface area contributed by atoms with Gasteiger partial charge in [-0.3, -0.25) is 4.79 Å². The molecule has 5 heteroatoms. The standard InChI is InChI=1S/C14H15FN2OS/c1-8(2)7-17(3)14(18)13-12(16)10-6-9(15)4-5-11(10)19-13/h4-6H,1,7,16H2,2-3H3. The van der Waals surface area contributed by atoms with E-state index >= 15 is 0 Å². The van der Waals surface area contributed by atoms with E-state index in [1.807, 2.05) is 6.92 Å². The third kappa shape index (κ3) is 2.61. The van der Waals surface area contributed by atoms with Crippen LogP contribution in [0.25, 0.3) is 10.1 Å². The highest BCUT2D eigenvalue weighted by Crippen LogP contribution is 2.34. The molecule has 1 amide bonds. The topological polar surface area (TPSA) is 46.3 Å². The fraction of sp³-hybridized carbons (Fsp3) is 0.214. The van der Waals surface area contributed by atoms with Crippen LogP contribution in [0.3, 0.4) is 0 Å². The van der Waals surface area contributed by atoms with E-state index in [0.717, 1.165) is 10.3 Å². The Morgan fingerprint density at radius 3 is 2.84 bits per heavy atom. The van der Waals surface area contributed by atoms with Crippen molar-refractivity contribution in [1.82, 2.24) is 4.90 Å². The highest BCUT2D eigenvalue weighted by atomic mass is 32.1. The Bertz CT molecular complexity index is 663. The lowest BCUT2D eigenvalue weighted by atomic mass is 10.2. The number of nitrogens with zero attached hydrogens (tertiary/aromatic N) is 1. The molecule has 0 spiro atoms. The van der Waals surface area contributed by atoms with E-state index in [0.29, 0.717) is 22.5 Å². The number of benzene rings is 1. The number of nitrogen functional groups attached to an aromatic ring is 1. The van der Waals surface area contributed by atoms with Crippen molar-refractivity contribution in [2.24, 2.45) is 0 Å². The fourth-order valence-corrected chi connectivity index (χ4v) is 3.00. The molecule has 0 radical (unpaired) electrons. The third-order valence-corrected chi connectivity index (χ3v) is 3.91. The highest BCUT2D eigenvalue weighted by Gasteiger charge is 2.19. The van der Waals surface area contributed by atoms with Crippen molar-refractivity contribution < 1.29 is 9.18 Å². The quantitative estimate of drug-likeness (QED) is 0.876. The first-order valence-corrected chi connectivity index (χ1v) is 6.59. The van der Waals surface area contributed by atoms with Crippen LogP contribution < -0.4 is 5.73 Å². The molecule has 2 N–H and O–H groups in total. The minimum atomic E-state index is -0.355. The van der Waals surface area contributed by atoms with Gasteiger partial charge in [0.15, 0.2) is 0 Å². The van der Waals surface area contributed by atoms with Crippen LogP contribution in [-0.2, 0) is 0 Å². The van der Waals surface area contributed by atoms with Crippen LogP contribution in [0.4, 0.5) is 10.1 Å². The Morgan fingerprint density at radius 1 is 1.53 bits per heavy atom. The molecule has 0 saturated carbocycles. The van der Waals surface area contributed by atoms with Crippen LogP contribution in [0.15, 0.2) is 30.4 Å². The van der Waals surface area contributed by atoms with Crippen molar-refractivity contribution in [1.29, 1.82) is 0 Å². The molecule has 1 heterocycles. The summed E-state index contributed by atoms with van der Waals surface area (Å²) < 4.78 is 14.0. The number of rotatable bonds is 3. The molecule has 100 valence electrons. The van der Waals surface area contributed by atoms with Gasteiger partial charge in [-0.2, -0.15) is 0 Å². The van der Waals surface area contributed by atoms with E-state index in [-0.39, 0.29) is 11.7 Å². The van der Waals surface area contributed by atoms with Gasteiger partial charge in [0.25, 0.3) is 5.91 Å². The zero-order valence-electron chi connectivity index (χ0n) is 10.9. The van der Waals surface area contributed by atoms with Crippen molar-refractivity contribution in [3.05, 3.63) is 41.0 Å². The Balaban J connectivity index is 2.42. The van der Waals surface area contributed by atoms with Gasteiger partial charge in [0.05, 0.1) is 5.69 Å². The predicted molar refractivity (Wildman–Crippen MR) is 78.0 cm³/mol. The minimum absolute atomic E-state index is 0.165. The zero-order chi connectivity index (χ0) is 14.2. The molecule has 0 aliphatic rings. The summed E-state index contributed by atoms with van der Waals surface area (Å²) in [5.41, 5.74) is 7.19. The summed E-state index contributed by atoms with van der Waals surface area (Å²) in [6, 6.07) is 4.36. The van der Waals surface area contributed by atoms with Gasteiger partial charge in [0.1, 0.15) is 10.7 Å². The molecule has 0 saturated heterocycles. The second-order valence-corrected chi connectivity index (χ2v) is 5.66. The second-order valence-electron chi connectivity index (χ2n) is 4.60. The van der Waals surface area contributed by atoms with Crippen LogP contribution in [0.2, 0.25) is 0 Å². The number of nitrogens with two attached hydrogens (primary N) is 1. The molecule has 3 nitrogen and oxygen atoms in total. The van der Waals surface area contributed by atoms with Crippen molar-refractivity contribution in [3.63, 3.8) is 0 Å². The Kier molecular flexibility index (Phi) is 3.57. The van der Waals surface area contributed by atoms with Gasteiger partial charge in [-0.1, -0.05) is 12.2 Å². The van der Waals surface area contributed by atoms with Gasteiger partial charge in [0.2, 0.25) is 0 Å². The summed E-state index contributed by atoms with van der Waals surface area (Å²) in [6.07, 6.45) is 0. The summed E-state index contributed by atoms with van der Waals surface area (Å²) in [5, 5.41) is 0.595. The lowest BCUT2D eigenvalue weighted by Crippen LogP contribution is -2.27. The van der Waals surface area contributed by atoms with Crippen molar-refractivity contribution in [3.8, 4) is 0 Å². The van der Waals surface area contributed by atoms with Crippen LogP contribution in [0, 0.1) is 5.82 Å². The maximum atomic E-state index is 13.2. The number of likely N-dealkylation sites (N-methyl/N-ethyl adjacent to an activating group) is 1. The van der Waals surface area contributed by atoms with Gasteiger partial charge < -0.3 is 10.6 Å². The first-order valence-electron chi connectivity index (χ1n) is 5.77. The number of carbonyl (C=O) groups is 1. The van der Waals surface area contributed by atoms with Gasteiger partial charge in [-0.05, 0) is 25.1 Å². The first-order chi connectivity index (χ1) is 8.90. The third-order valence-electron chi connectivity index (χ3n) is 2.74. The predicted octanol–water partition coefficient (Wildman–Crippen LogP) is 3.27. The SMILES string of the molecule is C=C(C)CN(C)C(=O)c1sc2ccc(F)cc2c1N. The Hall–Kier alpha value is -1.88. The van der Waals surface area contributed by atoms with E-state index in [9.17, 15) is 9.18 Å². The molecule has 1 aromatic carbocycles. The number of carbonyl (C=O) groups excluding carboxylic acids is 1. The smallest absolute Gasteiger partial charge is 0.266 e. The zero-order valence-corrected chi connectivity index (χ0v) is 11.7. The van der Waals surface area contributed by atoms with Crippen LogP contribution in [0.1, 0.15) is 16.6 Å². The van der Waals surface area contributed by atoms with E-state index in [4.69, 9.17) is 5.73 Å². The van der Waals surface area contributed by atoms with E-state index in [2.05, 4.69) is 6.58 Å². The average molecular weight is 278 g/mol. The molecule has 19 heavy (non-hydrogen) atoms. The molecule has 0 fully saturated rings. The highest BCUT2D eigenvalue weighted by molar-refractivity contribution is 7.21. The maximum absolute atomic E-state index is 13.2. The van der Waals surface area contributed by atoms with Crippen LogP contribution in [0.5, 0.6) is 0 Å². The first kappa shape index (κ1) is 13.5. The van der Waals surface area contributed by atoms with Crippen molar-refractivity contribution in [2.45, 2.75) is 6.92 Å². The number of anilines is 1. The molecule has 2 aromatic rings. The lowest BCUT2D eigenvalue weighted by molar-refractivity contribution is 0.0812. The van der Waals surface area contributed by atoms with Gasteiger partial charge >= 0.3 is 0 Å². The monoisotopic (exact) mass is 278 g/mol. The summed E-state index contributed by atoms with van der Waals surface area (Å²) in [6.45, 7) is 6.10. The molecule has 0 unspecified atom stereocenters. The Morgan fingerprint density at radius 2 is 2.21 bits per heavy atom. The maximum Gasteiger partial charge on any atom is 0.266 e. The molecule has 0 aliphatic carbocycles. The van der Waals surface area contributed by atoms with Crippen molar-refractivity contribution in [2.75, 3.05) is 19.3 Å². The number of hydrogen-bond donors (Lipinski definition) is 1. The van der Waals surface area contributed by atoms with Gasteiger partial charge in [0, 0.05) is 23.7 Å². The fourth-order valence-electron chi connectivity index (χ4n) is 1.90. The van der Waals surface area contributed by atoms with E-state index in [1.165, 1.54) is 23.5 Å². The average Bonchev–Trinajstić information content (AvgIpc) is 2.65. The van der Waals surface area contributed by atoms with E-state index in [1.54, 1.807) is 18.0 Å². The molecule has 0 aliphatic heterocycles. The molecule has 2 rings (SSSR count).